The van der Waals surface area contributed by atoms with Crippen molar-refractivity contribution in [1.82, 2.24) is 0 Å². The summed E-state index contributed by atoms with van der Waals surface area (Å²) >= 11 is 0. The Morgan fingerprint density at radius 2 is 2.12 bits per heavy atom. The molecule has 0 radical (unpaired) electrons. The number of nitrogens with two attached hydrogens (primary N) is 1. The van der Waals surface area contributed by atoms with Gasteiger partial charge in [0.15, 0.2) is 27.1 Å². The van der Waals surface area contributed by atoms with Crippen LogP contribution in [0.15, 0.2) is 17.0 Å². The molecule has 0 bridgehead atoms. The molecule has 1 aliphatic rings. The van der Waals surface area contributed by atoms with E-state index < -0.39 is 15.6 Å². The lowest BCUT2D eigenvalue weighted by molar-refractivity contribution is 0.0997. The van der Waals surface area contributed by atoms with E-state index in [-0.39, 0.29) is 29.5 Å². The fourth-order valence-electron chi connectivity index (χ4n) is 1.64. The second kappa shape index (κ2) is 4.01. The third-order valence-electron chi connectivity index (χ3n) is 2.35. The smallest absolute Gasteiger partial charge is 0.231 e. The highest BCUT2D eigenvalue weighted by atomic mass is 32.2. The van der Waals surface area contributed by atoms with Gasteiger partial charge in [-0.3, -0.25) is 4.79 Å². The normalized spacial score (nSPS) is 13.8. The number of sulfone groups is 1. The van der Waals surface area contributed by atoms with Crippen molar-refractivity contribution in [3.05, 3.63) is 17.7 Å². The van der Waals surface area contributed by atoms with Gasteiger partial charge in [-0.15, -0.1) is 0 Å². The van der Waals surface area contributed by atoms with Gasteiger partial charge < -0.3 is 15.2 Å². The fourth-order valence-corrected chi connectivity index (χ4v) is 2.72. The summed E-state index contributed by atoms with van der Waals surface area (Å²) in [6.07, 6.45) is 1.01. The zero-order valence-electron chi connectivity index (χ0n) is 9.10. The third-order valence-corrected chi connectivity index (χ3v) is 3.50. The number of carbonyl (C=O) groups excluding carboxylic acids is 1. The minimum absolute atomic E-state index is 0.0410. The van der Waals surface area contributed by atoms with Crippen molar-refractivity contribution in [2.75, 3.05) is 19.6 Å². The number of fused-ring (bicyclic) bond motifs is 1. The van der Waals surface area contributed by atoms with Crippen molar-refractivity contribution in [1.29, 1.82) is 0 Å². The largest absolute Gasteiger partial charge is 0.454 e. The zero-order chi connectivity index (χ0) is 12.6. The van der Waals surface area contributed by atoms with E-state index in [0.717, 1.165) is 6.26 Å². The molecule has 1 aliphatic heterocycles. The van der Waals surface area contributed by atoms with Crippen LogP contribution in [0.25, 0.3) is 0 Å². The van der Waals surface area contributed by atoms with Gasteiger partial charge in [-0.1, -0.05) is 0 Å². The third kappa shape index (κ3) is 1.98. The van der Waals surface area contributed by atoms with Crippen LogP contribution in [0.5, 0.6) is 11.5 Å². The number of hydrogen-bond acceptors (Lipinski definition) is 6. The Hall–Kier alpha value is -1.60. The first-order chi connectivity index (χ1) is 7.95. The van der Waals surface area contributed by atoms with Gasteiger partial charge in [-0.05, 0) is 12.1 Å². The molecule has 0 atom stereocenters. The summed E-state index contributed by atoms with van der Waals surface area (Å²) in [5.41, 5.74) is 5.29. The van der Waals surface area contributed by atoms with Gasteiger partial charge >= 0.3 is 0 Å². The quantitative estimate of drug-likeness (QED) is 0.763. The van der Waals surface area contributed by atoms with Crippen molar-refractivity contribution in [2.24, 2.45) is 5.73 Å². The lowest BCUT2D eigenvalue weighted by Crippen LogP contribution is -2.17. The average Bonchev–Trinajstić information content (AvgIpc) is 2.72. The number of Topliss-reactive ketones (excluding diaryl/α,β-unsaturated/α-hetero) is 1. The Morgan fingerprint density at radius 1 is 1.41 bits per heavy atom. The summed E-state index contributed by atoms with van der Waals surface area (Å²) in [4.78, 5) is 11.4. The first-order valence-corrected chi connectivity index (χ1v) is 6.70. The fraction of sp³-hybridized carbons (Fsp3) is 0.300. The number of ketones is 1. The average molecular weight is 257 g/mol. The van der Waals surface area contributed by atoms with Gasteiger partial charge in [0, 0.05) is 11.8 Å². The van der Waals surface area contributed by atoms with Crippen LogP contribution in [-0.4, -0.2) is 33.8 Å². The number of ether oxygens (including phenoxy) is 2. The highest BCUT2D eigenvalue weighted by Crippen LogP contribution is 2.40. The van der Waals surface area contributed by atoms with Crippen LogP contribution in [0.3, 0.4) is 0 Å². The van der Waals surface area contributed by atoms with Crippen LogP contribution in [-0.2, 0) is 9.84 Å². The highest BCUT2D eigenvalue weighted by Gasteiger charge is 2.29. The zero-order valence-corrected chi connectivity index (χ0v) is 9.91. The Labute approximate surface area is 98.2 Å². The van der Waals surface area contributed by atoms with Crippen molar-refractivity contribution < 1.29 is 22.7 Å². The molecule has 0 saturated heterocycles. The molecular weight excluding hydrogens is 246 g/mol. The Kier molecular flexibility index (Phi) is 2.80. The van der Waals surface area contributed by atoms with Crippen LogP contribution in [0.2, 0.25) is 0 Å². The number of hydrogen-bond donors (Lipinski definition) is 1. The SMILES string of the molecule is CS(=O)(=O)c1c(C(=O)CN)ccc2c1OCO2. The monoisotopic (exact) mass is 257 g/mol. The van der Waals surface area contributed by atoms with E-state index in [4.69, 9.17) is 15.2 Å². The summed E-state index contributed by atoms with van der Waals surface area (Å²) in [5, 5.41) is 0. The molecule has 1 aromatic carbocycles. The van der Waals surface area contributed by atoms with Crippen molar-refractivity contribution in [3.8, 4) is 11.5 Å². The maximum atomic E-state index is 11.7. The van der Waals surface area contributed by atoms with Gasteiger partial charge in [0.05, 0.1) is 6.54 Å². The summed E-state index contributed by atoms with van der Waals surface area (Å²) in [7, 11) is -3.60. The van der Waals surface area contributed by atoms with E-state index in [0.29, 0.717) is 5.75 Å². The Bertz CT molecular complexity index is 579. The molecule has 6 nitrogen and oxygen atoms in total. The minimum atomic E-state index is -3.60. The second-order valence-corrected chi connectivity index (χ2v) is 5.53. The maximum Gasteiger partial charge on any atom is 0.231 e. The summed E-state index contributed by atoms with van der Waals surface area (Å²) in [5.74, 6) is -0.0467. The molecule has 7 heteroatoms. The first kappa shape index (κ1) is 11.9. The summed E-state index contributed by atoms with van der Waals surface area (Å²) in [6.45, 7) is -0.319. The summed E-state index contributed by atoms with van der Waals surface area (Å²) in [6, 6.07) is 2.89. The predicted octanol–water partition coefficient (Wildman–Crippen LogP) is -0.0398. The predicted molar refractivity (Wildman–Crippen MR) is 59.1 cm³/mol. The molecule has 0 spiro atoms. The van der Waals surface area contributed by atoms with E-state index in [9.17, 15) is 13.2 Å². The number of rotatable bonds is 3. The number of carbonyl (C=O) groups is 1. The molecule has 0 unspecified atom stereocenters. The van der Waals surface area contributed by atoms with E-state index in [1.807, 2.05) is 0 Å². The van der Waals surface area contributed by atoms with E-state index in [2.05, 4.69) is 0 Å². The molecule has 1 heterocycles. The number of benzene rings is 1. The van der Waals surface area contributed by atoms with Gasteiger partial charge in [-0.2, -0.15) is 0 Å². The molecule has 2 N–H and O–H groups in total. The van der Waals surface area contributed by atoms with Crippen molar-refractivity contribution in [2.45, 2.75) is 4.90 Å². The van der Waals surface area contributed by atoms with Gasteiger partial charge in [0.1, 0.15) is 4.90 Å². The maximum absolute atomic E-state index is 11.7. The second-order valence-electron chi connectivity index (χ2n) is 3.58. The van der Waals surface area contributed by atoms with E-state index in [1.165, 1.54) is 12.1 Å². The van der Waals surface area contributed by atoms with Gasteiger partial charge in [0.2, 0.25) is 6.79 Å². The van der Waals surface area contributed by atoms with E-state index >= 15 is 0 Å². The highest BCUT2D eigenvalue weighted by molar-refractivity contribution is 7.91. The van der Waals surface area contributed by atoms with Gasteiger partial charge in [0.25, 0.3) is 0 Å². The Balaban J connectivity index is 2.74. The molecule has 0 fully saturated rings. The molecule has 0 aromatic heterocycles. The Morgan fingerprint density at radius 3 is 2.71 bits per heavy atom. The van der Waals surface area contributed by atoms with E-state index in [1.54, 1.807) is 0 Å². The topological polar surface area (TPSA) is 95.7 Å². The minimum Gasteiger partial charge on any atom is -0.454 e. The molecule has 17 heavy (non-hydrogen) atoms. The van der Waals surface area contributed by atoms with Crippen LogP contribution in [0.4, 0.5) is 0 Å². The molecule has 2 rings (SSSR count). The molecule has 1 aromatic rings. The van der Waals surface area contributed by atoms with Crippen molar-refractivity contribution >= 4 is 15.6 Å². The molecule has 0 saturated carbocycles. The molecular formula is C10H11NO5S. The van der Waals surface area contributed by atoms with Crippen LogP contribution in [0.1, 0.15) is 10.4 Å². The van der Waals surface area contributed by atoms with Crippen LogP contribution in [0, 0.1) is 0 Å². The lowest BCUT2D eigenvalue weighted by atomic mass is 10.1. The first-order valence-electron chi connectivity index (χ1n) is 4.81. The van der Waals surface area contributed by atoms with Crippen LogP contribution < -0.4 is 15.2 Å². The summed E-state index contributed by atoms with van der Waals surface area (Å²) < 4.78 is 33.6. The molecule has 0 aliphatic carbocycles. The van der Waals surface area contributed by atoms with Gasteiger partial charge in [-0.25, -0.2) is 8.42 Å². The standard InChI is InChI=1S/C10H11NO5S/c1-17(13,14)10-6(7(12)4-11)2-3-8-9(10)16-5-15-8/h2-3H,4-5,11H2,1H3. The van der Waals surface area contributed by atoms with Crippen LogP contribution >= 0.6 is 0 Å². The molecule has 92 valence electrons. The molecule has 0 amide bonds. The van der Waals surface area contributed by atoms with Crippen molar-refractivity contribution in [3.63, 3.8) is 0 Å². The lowest BCUT2D eigenvalue weighted by Gasteiger charge is -2.08.